The first-order chi connectivity index (χ1) is 17.9. The average Bonchev–Trinajstić information content (AvgIpc) is 3.51. The first-order valence-electron chi connectivity index (χ1n) is 13.1. The van der Waals surface area contributed by atoms with Crippen molar-refractivity contribution in [3.63, 3.8) is 0 Å². The Morgan fingerprint density at radius 1 is 1.16 bits per heavy atom. The fraction of sp³-hybridized carbons (Fsp3) is 0.519. The lowest BCUT2D eigenvalue weighted by Crippen LogP contribution is -2.36. The van der Waals surface area contributed by atoms with Gasteiger partial charge >= 0.3 is 0 Å². The number of nitrogens with zero attached hydrogens (tertiary/aromatic N) is 6. The highest BCUT2D eigenvalue weighted by atomic mass is 19.3. The van der Waals surface area contributed by atoms with Crippen LogP contribution in [0.15, 0.2) is 24.5 Å². The first kappa shape index (κ1) is 24.1. The molecule has 0 bridgehead atoms. The second kappa shape index (κ2) is 9.55. The summed E-state index contributed by atoms with van der Waals surface area (Å²) in [5.41, 5.74) is 5.08. The molecule has 37 heavy (non-hydrogen) atoms. The highest BCUT2D eigenvalue weighted by Gasteiger charge is 2.34. The lowest BCUT2D eigenvalue weighted by molar-refractivity contribution is -0.129. The van der Waals surface area contributed by atoms with Crippen LogP contribution in [-0.4, -0.2) is 50.1 Å². The van der Waals surface area contributed by atoms with Gasteiger partial charge in [-0.25, -0.2) is 13.5 Å². The lowest BCUT2D eigenvalue weighted by atomic mass is 9.92. The van der Waals surface area contributed by atoms with Crippen molar-refractivity contribution in [1.29, 1.82) is 0 Å². The predicted octanol–water partition coefficient (Wildman–Crippen LogP) is 4.91. The summed E-state index contributed by atoms with van der Waals surface area (Å²) in [4.78, 5) is 16.2. The minimum atomic E-state index is -2.63. The summed E-state index contributed by atoms with van der Waals surface area (Å²) in [6, 6.07) is 3.53. The molecule has 3 aromatic rings. The largest absolute Gasteiger partial charge is 0.357 e. The summed E-state index contributed by atoms with van der Waals surface area (Å²) in [6.45, 7) is 4.08. The number of alkyl halides is 2. The highest BCUT2D eigenvalue weighted by Crippen LogP contribution is 2.43. The maximum absolute atomic E-state index is 14.4. The molecular weight excluding hydrogens is 478 g/mol. The van der Waals surface area contributed by atoms with Gasteiger partial charge in [-0.1, -0.05) is 0 Å². The van der Waals surface area contributed by atoms with Crippen molar-refractivity contribution in [1.82, 2.24) is 24.5 Å². The number of carbonyl (C=O) groups is 1. The number of rotatable bonds is 4. The zero-order valence-corrected chi connectivity index (χ0v) is 21.3. The number of anilines is 2. The maximum Gasteiger partial charge on any atom is 0.264 e. The summed E-state index contributed by atoms with van der Waals surface area (Å²) in [5.74, 6) is 0.781. The monoisotopic (exact) mass is 510 g/mol. The number of halogens is 2. The summed E-state index contributed by atoms with van der Waals surface area (Å²) in [5, 5.41) is 9.26. The second-order valence-electron chi connectivity index (χ2n) is 10.2. The van der Waals surface area contributed by atoms with E-state index in [-0.39, 0.29) is 17.7 Å². The van der Waals surface area contributed by atoms with E-state index in [9.17, 15) is 13.6 Å². The van der Waals surface area contributed by atoms with Crippen LogP contribution >= 0.6 is 0 Å². The average molecular weight is 511 g/mol. The molecule has 0 spiro atoms. The number of fused-ring (bicyclic) bond motifs is 2. The molecule has 0 aliphatic carbocycles. The van der Waals surface area contributed by atoms with Crippen LogP contribution in [0.2, 0.25) is 0 Å². The highest BCUT2D eigenvalue weighted by molar-refractivity contribution is 5.78. The van der Waals surface area contributed by atoms with Gasteiger partial charge < -0.3 is 14.5 Å². The van der Waals surface area contributed by atoms with Gasteiger partial charge in [0.05, 0.1) is 18.4 Å². The van der Waals surface area contributed by atoms with Crippen LogP contribution in [0.1, 0.15) is 67.6 Å². The molecule has 1 fully saturated rings. The lowest BCUT2D eigenvalue weighted by Gasteiger charge is -2.33. The third kappa shape index (κ3) is 4.31. The van der Waals surface area contributed by atoms with E-state index in [0.29, 0.717) is 43.8 Å². The van der Waals surface area contributed by atoms with Gasteiger partial charge in [-0.3, -0.25) is 9.48 Å². The number of amides is 1. The van der Waals surface area contributed by atoms with Crippen molar-refractivity contribution < 1.29 is 18.3 Å². The maximum atomic E-state index is 14.4. The number of carbonyl (C=O) groups excluding carboxylic acids is 1. The van der Waals surface area contributed by atoms with Crippen molar-refractivity contribution in [2.75, 3.05) is 24.6 Å². The molecule has 5 heterocycles. The molecule has 1 unspecified atom stereocenters. The molecule has 3 aliphatic rings. The van der Waals surface area contributed by atoms with E-state index >= 15 is 0 Å². The molecule has 0 radical (unpaired) electrons. The topological polar surface area (TPSA) is 68.4 Å². The Morgan fingerprint density at radius 3 is 2.73 bits per heavy atom. The quantitative estimate of drug-likeness (QED) is 0.499. The second-order valence-corrected chi connectivity index (χ2v) is 10.2. The van der Waals surface area contributed by atoms with Crippen molar-refractivity contribution in [3.8, 4) is 11.1 Å². The van der Waals surface area contributed by atoms with Gasteiger partial charge in [0.25, 0.3) is 6.43 Å². The number of hydrogen-bond acceptors (Lipinski definition) is 5. The number of ether oxygens (including phenoxy) is 1. The van der Waals surface area contributed by atoms with Gasteiger partial charge in [0.15, 0.2) is 12.0 Å². The van der Waals surface area contributed by atoms with Gasteiger partial charge in [0.1, 0.15) is 0 Å². The molecule has 1 atom stereocenters. The number of aryl methyl sites for hydroxylation is 2. The van der Waals surface area contributed by atoms with Gasteiger partial charge in [-0.2, -0.15) is 10.2 Å². The Bertz CT molecular complexity index is 1330. The third-order valence-corrected chi connectivity index (χ3v) is 7.81. The molecule has 8 nitrogen and oxygen atoms in total. The van der Waals surface area contributed by atoms with Crippen LogP contribution < -0.4 is 4.90 Å². The van der Waals surface area contributed by atoms with E-state index in [1.54, 1.807) is 37.1 Å². The SMILES string of the molecule is CC(=O)N1CCc2c(c(N3CCCc4cc(-c5cnn(C)c5)c(C(F)F)cc43)nn2C2CCCCO2)C1. The van der Waals surface area contributed by atoms with E-state index < -0.39 is 6.43 Å². The number of hydrogen-bond donors (Lipinski definition) is 0. The first-order valence-corrected chi connectivity index (χ1v) is 13.1. The van der Waals surface area contributed by atoms with Crippen molar-refractivity contribution in [3.05, 3.63) is 46.9 Å². The molecule has 6 rings (SSSR count). The van der Waals surface area contributed by atoms with Crippen LogP contribution in [-0.2, 0) is 36.0 Å². The fourth-order valence-corrected chi connectivity index (χ4v) is 5.93. The molecule has 196 valence electrons. The Kier molecular flexibility index (Phi) is 6.22. The summed E-state index contributed by atoms with van der Waals surface area (Å²) >= 11 is 0. The Morgan fingerprint density at radius 2 is 2.03 bits per heavy atom. The molecule has 0 saturated carbocycles. The Labute approximate surface area is 214 Å². The summed E-state index contributed by atoms with van der Waals surface area (Å²) in [7, 11) is 1.78. The zero-order chi connectivity index (χ0) is 25.7. The minimum Gasteiger partial charge on any atom is -0.357 e. The fourth-order valence-electron chi connectivity index (χ4n) is 5.93. The molecule has 0 N–H and O–H groups in total. The third-order valence-electron chi connectivity index (χ3n) is 7.81. The predicted molar refractivity (Wildman–Crippen MR) is 135 cm³/mol. The van der Waals surface area contributed by atoms with E-state index in [0.717, 1.165) is 60.4 Å². The van der Waals surface area contributed by atoms with E-state index in [1.807, 2.05) is 15.6 Å². The van der Waals surface area contributed by atoms with Gasteiger partial charge in [0, 0.05) is 68.7 Å². The number of benzene rings is 1. The molecule has 1 amide bonds. The van der Waals surface area contributed by atoms with Crippen LogP contribution in [0, 0.1) is 0 Å². The summed E-state index contributed by atoms with van der Waals surface area (Å²) in [6.07, 6.45) is 6.04. The van der Waals surface area contributed by atoms with Crippen LogP contribution in [0.5, 0.6) is 0 Å². The van der Waals surface area contributed by atoms with E-state index in [2.05, 4.69) is 10.00 Å². The van der Waals surface area contributed by atoms with Crippen LogP contribution in [0.25, 0.3) is 11.1 Å². The van der Waals surface area contributed by atoms with E-state index in [4.69, 9.17) is 9.84 Å². The smallest absolute Gasteiger partial charge is 0.264 e. The Balaban J connectivity index is 1.47. The summed E-state index contributed by atoms with van der Waals surface area (Å²) < 4.78 is 38.4. The van der Waals surface area contributed by atoms with Crippen molar-refractivity contribution >= 4 is 17.4 Å². The van der Waals surface area contributed by atoms with Gasteiger partial charge in [-0.15, -0.1) is 0 Å². The normalized spacial score (nSPS) is 19.8. The van der Waals surface area contributed by atoms with Gasteiger partial charge in [0.2, 0.25) is 5.91 Å². The zero-order valence-electron chi connectivity index (χ0n) is 21.3. The van der Waals surface area contributed by atoms with Crippen molar-refractivity contribution in [2.24, 2.45) is 7.05 Å². The van der Waals surface area contributed by atoms with Crippen LogP contribution in [0.4, 0.5) is 20.3 Å². The molecule has 2 aromatic heterocycles. The molecular formula is C27H32F2N6O2. The standard InChI is InChI=1S/C27H32F2N6O2/c1-17(36)33-10-8-23-22(16-33)27(31-35(23)25-7-3-4-11-37-25)34-9-5-6-18-12-20(19-14-30-32(2)15-19)21(26(28)29)13-24(18)34/h12-15,25-26H,3-11,16H2,1-2H3. The molecule has 10 heteroatoms. The molecule has 1 aromatic carbocycles. The van der Waals surface area contributed by atoms with Crippen LogP contribution in [0.3, 0.4) is 0 Å². The van der Waals surface area contributed by atoms with Crippen molar-refractivity contribution in [2.45, 2.75) is 64.6 Å². The number of aromatic nitrogens is 4. The molecule has 1 saturated heterocycles. The molecule has 3 aliphatic heterocycles. The Hall–Kier alpha value is -3.27. The van der Waals surface area contributed by atoms with E-state index in [1.165, 1.54) is 0 Å². The van der Waals surface area contributed by atoms with Gasteiger partial charge in [-0.05, 0) is 55.4 Å². The minimum absolute atomic E-state index is 0.00655.